The van der Waals surface area contributed by atoms with E-state index in [0.29, 0.717) is 0 Å². The molecular formula is C18H18N2O. The third-order valence-corrected chi connectivity index (χ3v) is 3.57. The van der Waals surface area contributed by atoms with Gasteiger partial charge >= 0.3 is 0 Å². The van der Waals surface area contributed by atoms with Crippen LogP contribution >= 0.6 is 0 Å². The van der Waals surface area contributed by atoms with Gasteiger partial charge in [0.15, 0.2) is 0 Å². The first-order valence-electron chi connectivity index (χ1n) is 6.99. The Morgan fingerprint density at radius 3 is 2.43 bits per heavy atom. The first-order valence-corrected chi connectivity index (χ1v) is 6.99. The molecule has 0 saturated heterocycles. The van der Waals surface area contributed by atoms with Crippen molar-refractivity contribution in [3.05, 3.63) is 65.7 Å². The van der Waals surface area contributed by atoms with Crippen molar-refractivity contribution < 1.29 is 4.74 Å². The van der Waals surface area contributed by atoms with E-state index in [0.717, 1.165) is 29.3 Å². The van der Waals surface area contributed by atoms with Crippen LogP contribution in [0.3, 0.4) is 0 Å². The quantitative estimate of drug-likeness (QED) is 0.848. The van der Waals surface area contributed by atoms with Crippen molar-refractivity contribution in [1.29, 1.82) is 0 Å². The zero-order valence-corrected chi connectivity index (χ0v) is 12.3. The Balaban J connectivity index is 1.81. The number of hydrazone groups is 1. The predicted octanol–water partition coefficient (Wildman–Crippen LogP) is 3.97. The highest BCUT2D eigenvalue weighted by Gasteiger charge is 2.17. The summed E-state index contributed by atoms with van der Waals surface area (Å²) in [6.45, 7) is 2.86. The van der Waals surface area contributed by atoms with Crippen LogP contribution in [0, 0.1) is 0 Å². The fourth-order valence-electron chi connectivity index (χ4n) is 2.36. The fraction of sp³-hybridized carbons (Fsp3) is 0.167. The number of methoxy groups -OCH3 is 1. The SMILES string of the molecule is COc1ccc(/C=C2/CN(c3ccccc3)N=C2C)cc1. The van der Waals surface area contributed by atoms with Gasteiger partial charge in [-0.1, -0.05) is 30.3 Å². The Hall–Kier alpha value is -2.55. The molecule has 3 nitrogen and oxygen atoms in total. The van der Waals surface area contributed by atoms with Gasteiger partial charge in [-0.3, -0.25) is 5.01 Å². The zero-order chi connectivity index (χ0) is 14.7. The minimum absolute atomic E-state index is 0.807. The smallest absolute Gasteiger partial charge is 0.118 e. The number of benzene rings is 2. The van der Waals surface area contributed by atoms with Crippen LogP contribution in [0.5, 0.6) is 5.75 Å². The van der Waals surface area contributed by atoms with Crippen LogP contribution in [0.15, 0.2) is 65.3 Å². The Morgan fingerprint density at radius 2 is 1.76 bits per heavy atom. The summed E-state index contributed by atoms with van der Waals surface area (Å²) in [4.78, 5) is 0. The number of rotatable bonds is 3. The van der Waals surface area contributed by atoms with Gasteiger partial charge < -0.3 is 4.74 Å². The highest BCUT2D eigenvalue weighted by molar-refractivity contribution is 6.05. The largest absolute Gasteiger partial charge is 0.497 e. The van der Waals surface area contributed by atoms with Gasteiger partial charge in [0.25, 0.3) is 0 Å². The molecule has 0 aliphatic carbocycles. The van der Waals surface area contributed by atoms with Crippen molar-refractivity contribution in [2.45, 2.75) is 6.92 Å². The van der Waals surface area contributed by atoms with Crippen LogP contribution in [0.2, 0.25) is 0 Å². The van der Waals surface area contributed by atoms with Crippen LogP contribution in [0.1, 0.15) is 12.5 Å². The standard InChI is InChI=1S/C18H18N2O/c1-14-16(12-15-8-10-18(21-2)11-9-15)13-20(19-14)17-6-4-3-5-7-17/h3-12H,13H2,1-2H3/b16-12-. The maximum Gasteiger partial charge on any atom is 0.118 e. The second-order valence-corrected chi connectivity index (χ2v) is 5.02. The Labute approximate surface area is 125 Å². The van der Waals surface area contributed by atoms with Gasteiger partial charge in [-0.25, -0.2) is 0 Å². The van der Waals surface area contributed by atoms with E-state index in [1.807, 2.05) is 35.3 Å². The fourth-order valence-corrected chi connectivity index (χ4v) is 2.36. The number of hydrogen-bond acceptors (Lipinski definition) is 3. The average molecular weight is 278 g/mol. The molecule has 0 N–H and O–H groups in total. The lowest BCUT2D eigenvalue weighted by Gasteiger charge is -2.13. The molecule has 1 aliphatic rings. The lowest BCUT2D eigenvalue weighted by molar-refractivity contribution is 0.415. The first-order chi connectivity index (χ1) is 10.3. The van der Waals surface area contributed by atoms with Crippen LogP contribution in [-0.4, -0.2) is 19.4 Å². The molecule has 0 bridgehead atoms. The Bertz CT molecular complexity index is 672. The summed E-state index contributed by atoms with van der Waals surface area (Å²) >= 11 is 0. The number of para-hydroxylation sites is 1. The molecule has 0 atom stereocenters. The zero-order valence-electron chi connectivity index (χ0n) is 12.3. The highest BCUT2D eigenvalue weighted by atomic mass is 16.5. The van der Waals surface area contributed by atoms with Crippen LogP contribution in [0.4, 0.5) is 5.69 Å². The summed E-state index contributed by atoms with van der Waals surface area (Å²) in [5.74, 6) is 0.875. The molecule has 1 aliphatic heterocycles. The van der Waals surface area contributed by atoms with Gasteiger partial charge in [-0.15, -0.1) is 0 Å². The maximum absolute atomic E-state index is 5.18. The van der Waals surface area contributed by atoms with Crippen molar-refractivity contribution in [3.8, 4) is 5.75 Å². The van der Waals surface area contributed by atoms with E-state index in [9.17, 15) is 0 Å². The third kappa shape index (κ3) is 2.97. The molecule has 3 rings (SSSR count). The molecule has 0 aromatic heterocycles. The number of nitrogens with zero attached hydrogens (tertiary/aromatic N) is 2. The predicted molar refractivity (Wildman–Crippen MR) is 87.9 cm³/mol. The molecule has 0 saturated carbocycles. The van der Waals surface area contributed by atoms with Crippen LogP contribution in [0.25, 0.3) is 6.08 Å². The normalized spacial score (nSPS) is 16.2. The van der Waals surface area contributed by atoms with Gasteiger partial charge in [0.2, 0.25) is 0 Å². The van der Waals surface area contributed by atoms with E-state index in [-0.39, 0.29) is 0 Å². The van der Waals surface area contributed by atoms with Gasteiger partial charge in [-0.05, 0) is 48.4 Å². The number of anilines is 1. The molecule has 0 fully saturated rings. The van der Waals surface area contributed by atoms with E-state index < -0.39 is 0 Å². The van der Waals surface area contributed by atoms with Gasteiger partial charge in [0.1, 0.15) is 5.75 Å². The first kappa shape index (κ1) is 13.4. The molecule has 0 radical (unpaired) electrons. The molecule has 0 unspecified atom stereocenters. The Morgan fingerprint density at radius 1 is 1.05 bits per heavy atom. The van der Waals surface area contributed by atoms with E-state index in [4.69, 9.17) is 4.74 Å². The lowest BCUT2D eigenvalue weighted by Crippen LogP contribution is -2.12. The monoisotopic (exact) mass is 278 g/mol. The summed E-state index contributed by atoms with van der Waals surface area (Å²) in [6.07, 6.45) is 2.18. The molecule has 2 aromatic carbocycles. The topological polar surface area (TPSA) is 24.8 Å². The number of hydrogen-bond donors (Lipinski definition) is 0. The van der Waals surface area contributed by atoms with E-state index >= 15 is 0 Å². The van der Waals surface area contributed by atoms with Gasteiger partial charge in [0, 0.05) is 0 Å². The van der Waals surface area contributed by atoms with Crippen molar-refractivity contribution in [3.63, 3.8) is 0 Å². The minimum atomic E-state index is 0.807. The van der Waals surface area contributed by atoms with Crippen molar-refractivity contribution in [2.24, 2.45) is 5.10 Å². The molecule has 21 heavy (non-hydrogen) atoms. The van der Waals surface area contributed by atoms with Crippen molar-refractivity contribution in [1.82, 2.24) is 0 Å². The summed E-state index contributed by atoms with van der Waals surface area (Å²) in [6, 6.07) is 18.3. The number of ether oxygens (including phenoxy) is 1. The molecule has 2 aromatic rings. The van der Waals surface area contributed by atoms with E-state index in [1.165, 1.54) is 5.57 Å². The molecule has 0 spiro atoms. The third-order valence-electron chi connectivity index (χ3n) is 3.57. The lowest BCUT2D eigenvalue weighted by atomic mass is 10.1. The Kier molecular flexibility index (Phi) is 3.73. The minimum Gasteiger partial charge on any atom is -0.497 e. The molecule has 0 amide bonds. The van der Waals surface area contributed by atoms with Crippen molar-refractivity contribution >= 4 is 17.5 Å². The highest BCUT2D eigenvalue weighted by Crippen LogP contribution is 2.23. The van der Waals surface area contributed by atoms with Gasteiger partial charge in [-0.2, -0.15) is 5.10 Å². The molecular weight excluding hydrogens is 260 g/mol. The summed E-state index contributed by atoms with van der Waals surface area (Å²) < 4.78 is 5.18. The molecule has 106 valence electrons. The van der Waals surface area contributed by atoms with Crippen LogP contribution < -0.4 is 9.75 Å². The summed E-state index contributed by atoms with van der Waals surface area (Å²) in [7, 11) is 1.68. The molecule has 3 heteroatoms. The summed E-state index contributed by atoms with van der Waals surface area (Å²) in [5.41, 5.74) is 4.59. The van der Waals surface area contributed by atoms with E-state index in [2.05, 4.69) is 42.4 Å². The van der Waals surface area contributed by atoms with Crippen LogP contribution in [-0.2, 0) is 0 Å². The summed E-state index contributed by atoms with van der Waals surface area (Å²) in [5, 5.41) is 6.66. The van der Waals surface area contributed by atoms with Gasteiger partial charge in [0.05, 0.1) is 25.1 Å². The van der Waals surface area contributed by atoms with E-state index in [1.54, 1.807) is 7.11 Å². The second kappa shape index (κ2) is 5.83. The van der Waals surface area contributed by atoms with Crippen molar-refractivity contribution in [2.75, 3.05) is 18.7 Å². The molecule has 1 heterocycles. The second-order valence-electron chi connectivity index (χ2n) is 5.02. The average Bonchev–Trinajstić information content (AvgIpc) is 2.90. The maximum atomic E-state index is 5.18.